The highest BCUT2D eigenvalue weighted by Crippen LogP contribution is 2.26. The van der Waals surface area contributed by atoms with Crippen LogP contribution in [0.25, 0.3) is 0 Å². The van der Waals surface area contributed by atoms with Gasteiger partial charge < -0.3 is 4.90 Å². The standard InChI is InChI=1S/C12H17ClN2/c1-15(9-10-5-2-3-6-10)12-8-4-7-11(13)14-12/h4,7-8,10H,2-3,5-6,9H2,1H3. The zero-order chi connectivity index (χ0) is 10.7. The van der Waals surface area contributed by atoms with Crippen molar-refractivity contribution in [3.63, 3.8) is 0 Å². The molecule has 1 saturated carbocycles. The molecule has 0 N–H and O–H groups in total. The predicted octanol–water partition coefficient (Wildman–Crippen LogP) is 3.36. The lowest BCUT2D eigenvalue weighted by Crippen LogP contribution is -2.24. The van der Waals surface area contributed by atoms with Crippen LogP contribution in [0.3, 0.4) is 0 Å². The fourth-order valence-electron chi connectivity index (χ4n) is 2.28. The van der Waals surface area contributed by atoms with Crippen LogP contribution < -0.4 is 4.90 Å². The molecule has 2 rings (SSSR count). The van der Waals surface area contributed by atoms with E-state index in [2.05, 4.69) is 16.9 Å². The van der Waals surface area contributed by atoms with Crippen LogP contribution in [0.5, 0.6) is 0 Å². The maximum absolute atomic E-state index is 5.87. The van der Waals surface area contributed by atoms with Crippen molar-refractivity contribution in [2.75, 3.05) is 18.5 Å². The summed E-state index contributed by atoms with van der Waals surface area (Å²) in [7, 11) is 2.09. The third-order valence-electron chi connectivity index (χ3n) is 3.10. The summed E-state index contributed by atoms with van der Waals surface area (Å²) >= 11 is 5.87. The van der Waals surface area contributed by atoms with E-state index in [9.17, 15) is 0 Å². The lowest BCUT2D eigenvalue weighted by atomic mass is 10.1. The first kappa shape index (κ1) is 10.7. The van der Waals surface area contributed by atoms with E-state index in [1.807, 2.05) is 18.2 Å². The van der Waals surface area contributed by atoms with Crippen LogP contribution in [0.2, 0.25) is 5.15 Å². The van der Waals surface area contributed by atoms with Crippen molar-refractivity contribution in [1.29, 1.82) is 0 Å². The number of hydrogen-bond acceptors (Lipinski definition) is 2. The van der Waals surface area contributed by atoms with E-state index in [0.29, 0.717) is 5.15 Å². The highest BCUT2D eigenvalue weighted by atomic mass is 35.5. The van der Waals surface area contributed by atoms with Gasteiger partial charge in [0.25, 0.3) is 0 Å². The Morgan fingerprint density at radius 1 is 1.40 bits per heavy atom. The summed E-state index contributed by atoms with van der Waals surface area (Å²) in [6.45, 7) is 1.10. The minimum absolute atomic E-state index is 0.575. The zero-order valence-corrected chi connectivity index (χ0v) is 9.87. The molecule has 1 aromatic rings. The first-order chi connectivity index (χ1) is 7.25. The molecule has 0 spiro atoms. The third kappa shape index (κ3) is 2.85. The van der Waals surface area contributed by atoms with Gasteiger partial charge in [-0.05, 0) is 30.9 Å². The van der Waals surface area contributed by atoms with E-state index < -0.39 is 0 Å². The molecule has 0 amide bonds. The van der Waals surface area contributed by atoms with Crippen molar-refractivity contribution in [2.24, 2.45) is 5.92 Å². The van der Waals surface area contributed by atoms with Crippen LogP contribution >= 0.6 is 11.6 Å². The second-order valence-corrected chi connectivity index (χ2v) is 4.74. The summed E-state index contributed by atoms with van der Waals surface area (Å²) < 4.78 is 0. The second kappa shape index (κ2) is 4.84. The van der Waals surface area contributed by atoms with Crippen molar-refractivity contribution < 1.29 is 0 Å². The smallest absolute Gasteiger partial charge is 0.131 e. The van der Waals surface area contributed by atoms with Crippen molar-refractivity contribution in [1.82, 2.24) is 4.98 Å². The van der Waals surface area contributed by atoms with Gasteiger partial charge in [0.05, 0.1) is 0 Å². The molecule has 3 heteroatoms. The lowest BCUT2D eigenvalue weighted by molar-refractivity contribution is 0.545. The molecule has 0 saturated heterocycles. The van der Waals surface area contributed by atoms with Crippen LogP contribution in [0.15, 0.2) is 18.2 Å². The molecule has 82 valence electrons. The van der Waals surface area contributed by atoms with Gasteiger partial charge in [0.15, 0.2) is 0 Å². The average molecular weight is 225 g/mol. The first-order valence-corrected chi connectivity index (χ1v) is 5.97. The average Bonchev–Trinajstić information content (AvgIpc) is 2.70. The van der Waals surface area contributed by atoms with Gasteiger partial charge in [-0.25, -0.2) is 4.98 Å². The molecule has 1 heterocycles. The molecule has 1 aliphatic carbocycles. The first-order valence-electron chi connectivity index (χ1n) is 5.59. The van der Waals surface area contributed by atoms with Crippen LogP contribution in [0.4, 0.5) is 5.82 Å². The number of pyridine rings is 1. The molecule has 1 aromatic heterocycles. The maximum atomic E-state index is 5.87. The summed E-state index contributed by atoms with van der Waals surface area (Å²) in [5, 5.41) is 0.575. The highest BCUT2D eigenvalue weighted by Gasteiger charge is 2.17. The van der Waals surface area contributed by atoms with Crippen LogP contribution in [0.1, 0.15) is 25.7 Å². The van der Waals surface area contributed by atoms with E-state index in [1.165, 1.54) is 25.7 Å². The summed E-state index contributed by atoms with van der Waals surface area (Å²) in [6, 6.07) is 5.78. The Labute approximate surface area is 96.3 Å². The fraction of sp³-hybridized carbons (Fsp3) is 0.583. The number of hydrogen-bond donors (Lipinski definition) is 0. The third-order valence-corrected chi connectivity index (χ3v) is 3.31. The summed E-state index contributed by atoms with van der Waals surface area (Å²) in [5.41, 5.74) is 0. The summed E-state index contributed by atoms with van der Waals surface area (Å²) in [5.74, 6) is 1.82. The van der Waals surface area contributed by atoms with Crippen molar-refractivity contribution >= 4 is 17.4 Å². The molecule has 2 nitrogen and oxygen atoms in total. The van der Waals surface area contributed by atoms with Crippen LogP contribution in [-0.2, 0) is 0 Å². The minimum atomic E-state index is 0.575. The number of nitrogens with zero attached hydrogens (tertiary/aromatic N) is 2. The Morgan fingerprint density at radius 2 is 2.13 bits per heavy atom. The SMILES string of the molecule is CN(CC1CCCC1)c1cccc(Cl)n1. The van der Waals surface area contributed by atoms with E-state index in [4.69, 9.17) is 11.6 Å². The van der Waals surface area contributed by atoms with E-state index in [0.717, 1.165) is 18.3 Å². The molecular formula is C12H17ClN2. The number of halogens is 1. The summed E-state index contributed by atoms with van der Waals surface area (Å²) in [4.78, 5) is 6.52. The van der Waals surface area contributed by atoms with Crippen molar-refractivity contribution in [3.05, 3.63) is 23.4 Å². The summed E-state index contributed by atoms with van der Waals surface area (Å²) in [6.07, 6.45) is 5.51. The Kier molecular flexibility index (Phi) is 3.47. The fourth-order valence-corrected chi connectivity index (χ4v) is 2.44. The Hall–Kier alpha value is -0.760. The Bertz CT molecular complexity index is 321. The Balaban J connectivity index is 1.97. The lowest BCUT2D eigenvalue weighted by Gasteiger charge is -2.21. The van der Waals surface area contributed by atoms with E-state index >= 15 is 0 Å². The van der Waals surface area contributed by atoms with Gasteiger partial charge in [0.2, 0.25) is 0 Å². The van der Waals surface area contributed by atoms with E-state index in [-0.39, 0.29) is 0 Å². The van der Waals surface area contributed by atoms with Crippen molar-refractivity contribution in [2.45, 2.75) is 25.7 Å². The maximum Gasteiger partial charge on any atom is 0.131 e. The highest BCUT2D eigenvalue weighted by molar-refractivity contribution is 6.29. The van der Waals surface area contributed by atoms with Crippen molar-refractivity contribution in [3.8, 4) is 0 Å². The second-order valence-electron chi connectivity index (χ2n) is 4.35. The molecule has 1 aliphatic rings. The zero-order valence-electron chi connectivity index (χ0n) is 9.12. The topological polar surface area (TPSA) is 16.1 Å². The van der Waals surface area contributed by atoms with Gasteiger partial charge in [-0.3, -0.25) is 0 Å². The van der Waals surface area contributed by atoms with Gasteiger partial charge in [-0.1, -0.05) is 30.5 Å². The van der Waals surface area contributed by atoms with Crippen LogP contribution in [0, 0.1) is 5.92 Å². The molecule has 0 radical (unpaired) electrons. The number of rotatable bonds is 3. The van der Waals surface area contributed by atoms with Gasteiger partial charge in [-0.15, -0.1) is 0 Å². The number of anilines is 1. The normalized spacial score (nSPS) is 16.9. The molecule has 15 heavy (non-hydrogen) atoms. The number of aromatic nitrogens is 1. The Morgan fingerprint density at radius 3 is 2.80 bits per heavy atom. The van der Waals surface area contributed by atoms with Gasteiger partial charge in [0, 0.05) is 13.6 Å². The minimum Gasteiger partial charge on any atom is -0.359 e. The van der Waals surface area contributed by atoms with E-state index in [1.54, 1.807) is 0 Å². The van der Waals surface area contributed by atoms with Gasteiger partial charge in [-0.2, -0.15) is 0 Å². The molecule has 0 aliphatic heterocycles. The largest absolute Gasteiger partial charge is 0.359 e. The van der Waals surface area contributed by atoms with Gasteiger partial charge >= 0.3 is 0 Å². The molecule has 1 fully saturated rings. The molecule has 0 bridgehead atoms. The monoisotopic (exact) mass is 224 g/mol. The molecule has 0 unspecified atom stereocenters. The molecular weight excluding hydrogens is 208 g/mol. The van der Waals surface area contributed by atoms with Gasteiger partial charge in [0.1, 0.15) is 11.0 Å². The predicted molar refractivity (Wildman–Crippen MR) is 64.5 cm³/mol. The molecule has 0 aromatic carbocycles. The molecule has 0 atom stereocenters. The quantitative estimate of drug-likeness (QED) is 0.732. The van der Waals surface area contributed by atoms with Crippen LogP contribution in [-0.4, -0.2) is 18.6 Å².